The normalized spacial score (nSPS) is 21.8. The van der Waals surface area contributed by atoms with E-state index in [0.717, 1.165) is 19.4 Å². The first-order valence-corrected chi connectivity index (χ1v) is 11.4. The van der Waals surface area contributed by atoms with Gasteiger partial charge in [-0.2, -0.15) is 0 Å². The van der Waals surface area contributed by atoms with Gasteiger partial charge >= 0.3 is 0 Å². The summed E-state index contributed by atoms with van der Waals surface area (Å²) in [5.74, 6) is -0.677. The minimum Gasteiger partial charge on any atom is -0.341 e. The van der Waals surface area contributed by atoms with Crippen molar-refractivity contribution in [1.82, 2.24) is 0 Å². The second kappa shape index (κ2) is 5.75. The maximum atomic E-state index is 6.34. The van der Waals surface area contributed by atoms with Crippen LogP contribution in [0.1, 0.15) is 20.9 Å². The smallest absolute Gasteiger partial charge is 0.241 e. The molecular formula is C21H16O2S3. The minimum absolute atomic E-state index is 0.677. The molecule has 2 aliphatic heterocycles. The molecule has 0 saturated heterocycles. The summed E-state index contributed by atoms with van der Waals surface area (Å²) >= 11 is 5.42. The zero-order valence-electron chi connectivity index (χ0n) is 14.0. The van der Waals surface area contributed by atoms with Gasteiger partial charge in [-0.1, -0.05) is 18.2 Å². The molecule has 0 aliphatic carbocycles. The first kappa shape index (κ1) is 15.5. The molecule has 5 heterocycles. The van der Waals surface area contributed by atoms with Gasteiger partial charge in [0, 0.05) is 25.9 Å². The Kier molecular flexibility index (Phi) is 3.44. The van der Waals surface area contributed by atoms with Crippen molar-refractivity contribution in [2.45, 2.75) is 18.6 Å². The van der Waals surface area contributed by atoms with Crippen LogP contribution in [0.2, 0.25) is 0 Å². The summed E-state index contributed by atoms with van der Waals surface area (Å²) in [6.07, 6.45) is 1.94. The molecule has 5 heteroatoms. The van der Waals surface area contributed by atoms with Crippen LogP contribution in [-0.4, -0.2) is 13.2 Å². The Hall–Kier alpha value is -1.50. The van der Waals surface area contributed by atoms with Gasteiger partial charge in [0.15, 0.2) is 0 Å². The van der Waals surface area contributed by atoms with Crippen molar-refractivity contribution in [1.29, 1.82) is 0 Å². The van der Waals surface area contributed by atoms with Crippen molar-refractivity contribution in [3.05, 3.63) is 68.0 Å². The molecule has 26 heavy (non-hydrogen) atoms. The summed E-state index contributed by atoms with van der Waals surface area (Å²) in [4.78, 5) is 3.82. The highest BCUT2D eigenvalue weighted by Gasteiger charge is 2.47. The highest BCUT2D eigenvalue weighted by atomic mass is 32.1. The second-order valence-electron chi connectivity index (χ2n) is 6.70. The predicted octanol–water partition coefficient (Wildman–Crippen LogP) is 6.04. The molecule has 0 fully saturated rings. The average Bonchev–Trinajstić information content (AvgIpc) is 3.40. The van der Waals surface area contributed by atoms with Gasteiger partial charge in [-0.3, -0.25) is 0 Å². The summed E-state index contributed by atoms with van der Waals surface area (Å²) in [5.41, 5.74) is 4.10. The van der Waals surface area contributed by atoms with Gasteiger partial charge in [-0.25, -0.2) is 0 Å². The number of ether oxygens (including phenoxy) is 2. The van der Waals surface area contributed by atoms with Gasteiger partial charge in [0.25, 0.3) is 0 Å². The molecule has 0 radical (unpaired) electrons. The third-order valence-electron chi connectivity index (χ3n) is 5.25. The van der Waals surface area contributed by atoms with Crippen LogP contribution in [0.15, 0.2) is 47.2 Å². The van der Waals surface area contributed by atoms with Gasteiger partial charge in [0.1, 0.15) is 0 Å². The molecule has 4 aromatic rings. The Balaban J connectivity index is 1.55. The van der Waals surface area contributed by atoms with Crippen LogP contribution in [0, 0.1) is 0 Å². The SMILES string of the molecule is c1ccc2c(-c3cc4c(s3)C3(OCCc5ccsc53)OCC4)csc2c1. The van der Waals surface area contributed by atoms with E-state index in [2.05, 4.69) is 47.2 Å². The highest BCUT2D eigenvalue weighted by molar-refractivity contribution is 7.19. The van der Waals surface area contributed by atoms with Crippen LogP contribution in [0.4, 0.5) is 0 Å². The van der Waals surface area contributed by atoms with Gasteiger partial charge in [0.2, 0.25) is 5.79 Å². The van der Waals surface area contributed by atoms with Gasteiger partial charge in [-0.15, -0.1) is 34.0 Å². The zero-order chi connectivity index (χ0) is 17.1. The quantitative estimate of drug-likeness (QED) is 0.391. The Morgan fingerprint density at radius 1 is 0.885 bits per heavy atom. The molecule has 2 aliphatic rings. The van der Waals surface area contributed by atoms with Crippen LogP contribution >= 0.6 is 34.0 Å². The van der Waals surface area contributed by atoms with Crippen LogP contribution in [0.3, 0.4) is 0 Å². The molecule has 130 valence electrons. The van der Waals surface area contributed by atoms with E-state index in [9.17, 15) is 0 Å². The molecular weight excluding hydrogens is 380 g/mol. The lowest BCUT2D eigenvalue weighted by molar-refractivity contribution is -0.225. The van der Waals surface area contributed by atoms with Crippen molar-refractivity contribution in [2.75, 3.05) is 13.2 Å². The van der Waals surface area contributed by atoms with E-state index in [1.807, 2.05) is 22.7 Å². The van der Waals surface area contributed by atoms with Gasteiger partial charge in [0.05, 0.1) is 23.0 Å². The first-order chi connectivity index (χ1) is 12.9. The molecule has 3 aromatic heterocycles. The Morgan fingerprint density at radius 2 is 1.73 bits per heavy atom. The Labute approximate surface area is 163 Å². The van der Waals surface area contributed by atoms with E-state index in [-0.39, 0.29) is 0 Å². The second-order valence-corrected chi connectivity index (χ2v) is 9.58. The van der Waals surface area contributed by atoms with Crippen LogP contribution in [0.25, 0.3) is 20.5 Å². The average molecular weight is 397 g/mol. The molecule has 1 spiro atoms. The topological polar surface area (TPSA) is 18.5 Å². The maximum absolute atomic E-state index is 6.34. The number of rotatable bonds is 1. The number of benzene rings is 1. The maximum Gasteiger partial charge on any atom is 0.241 e. The van der Waals surface area contributed by atoms with Crippen LogP contribution < -0.4 is 0 Å². The summed E-state index contributed by atoms with van der Waals surface area (Å²) in [7, 11) is 0. The molecule has 2 nitrogen and oxygen atoms in total. The summed E-state index contributed by atoms with van der Waals surface area (Å²) in [6, 6.07) is 13.2. The van der Waals surface area contributed by atoms with E-state index >= 15 is 0 Å². The molecule has 1 aromatic carbocycles. The van der Waals surface area contributed by atoms with Crippen molar-refractivity contribution >= 4 is 44.1 Å². The lowest BCUT2D eigenvalue weighted by Gasteiger charge is -2.39. The van der Waals surface area contributed by atoms with Gasteiger partial charge in [-0.05, 0) is 47.5 Å². The van der Waals surface area contributed by atoms with E-state index in [1.54, 1.807) is 11.3 Å². The predicted molar refractivity (Wildman–Crippen MR) is 110 cm³/mol. The van der Waals surface area contributed by atoms with Crippen molar-refractivity contribution in [3.8, 4) is 10.4 Å². The lowest BCUT2D eigenvalue weighted by Crippen LogP contribution is -2.41. The molecule has 0 bridgehead atoms. The fraction of sp³-hybridized carbons (Fsp3) is 0.238. The van der Waals surface area contributed by atoms with E-state index in [1.165, 1.54) is 41.4 Å². The summed E-state index contributed by atoms with van der Waals surface area (Å²) in [6.45, 7) is 1.43. The standard InChI is InChI=1S/C21H16O2S3/c1-2-4-17-15(3-1)16(12-25-17)18-11-14-6-9-23-21(20(14)26-18)19-13(5-8-22-21)7-10-24-19/h1-4,7,10-12H,5-6,8-9H2. The molecule has 1 atom stereocenters. The summed E-state index contributed by atoms with van der Waals surface area (Å²) in [5, 5.41) is 5.79. The van der Waals surface area contributed by atoms with Crippen molar-refractivity contribution in [2.24, 2.45) is 0 Å². The van der Waals surface area contributed by atoms with Crippen LogP contribution in [0.5, 0.6) is 0 Å². The number of thiophene rings is 3. The Bertz CT molecular complexity index is 1120. The van der Waals surface area contributed by atoms with E-state index in [4.69, 9.17) is 9.47 Å². The first-order valence-electron chi connectivity index (χ1n) is 8.80. The number of hydrogen-bond acceptors (Lipinski definition) is 5. The third-order valence-corrected chi connectivity index (χ3v) is 8.55. The summed E-state index contributed by atoms with van der Waals surface area (Å²) < 4.78 is 14.0. The van der Waals surface area contributed by atoms with Crippen LogP contribution in [-0.2, 0) is 28.1 Å². The lowest BCUT2D eigenvalue weighted by atomic mass is 9.97. The molecule has 1 unspecified atom stereocenters. The van der Waals surface area contributed by atoms with E-state index < -0.39 is 5.79 Å². The molecule has 0 amide bonds. The monoisotopic (exact) mass is 396 g/mol. The fourth-order valence-electron chi connectivity index (χ4n) is 4.03. The fourth-order valence-corrected chi connectivity index (χ4v) is 7.54. The molecule has 0 N–H and O–H groups in total. The van der Waals surface area contributed by atoms with Crippen molar-refractivity contribution < 1.29 is 9.47 Å². The largest absolute Gasteiger partial charge is 0.341 e. The Morgan fingerprint density at radius 3 is 2.65 bits per heavy atom. The molecule has 0 saturated carbocycles. The van der Waals surface area contributed by atoms with Gasteiger partial charge < -0.3 is 9.47 Å². The molecule has 6 rings (SSSR count). The van der Waals surface area contributed by atoms with Crippen molar-refractivity contribution in [3.63, 3.8) is 0 Å². The highest BCUT2D eigenvalue weighted by Crippen LogP contribution is 2.51. The number of hydrogen-bond donors (Lipinski definition) is 0. The minimum atomic E-state index is -0.677. The van der Waals surface area contributed by atoms with E-state index in [0.29, 0.717) is 6.61 Å². The number of fused-ring (bicyclic) bond motifs is 5. The zero-order valence-corrected chi connectivity index (χ0v) is 16.4. The third kappa shape index (κ3) is 2.09.